The number of benzene rings is 2. The van der Waals surface area contributed by atoms with Gasteiger partial charge in [0.2, 0.25) is 5.91 Å². The molecule has 0 unspecified atom stereocenters. The van der Waals surface area contributed by atoms with E-state index < -0.39 is 5.91 Å². The van der Waals surface area contributed by atoms with Crippen LogP contribution in [0.25, 0.3) is 11.1 Å². The molecule has 0 aliphatic carbocycles. The molecule has 0 spiro atoms. The quantitative estimate of drug-likeness (QED) is 0.500. The van der Waals surface area contributed by atoms with E-state index in [2.05, 4.69) is 0 Å². The smallest absolute Gasteiger partial charge is 0.249 e. The number of primary amides is 1. The summed E-state index contributed by atoms with van der Waals surface area (Å²) in [5.74, 6) is -0.534. The topological polar surface area (TPSA) is 66.9 Å². The summed E-state index contributed by atoms with van der Waals surface area (Å²) in [5, 5.41) is 7.58. The Kier molecular flexibility index (Phi) is 6.61. The Labute approximate surface area is 125 Å². The van der Waals surface area contributed by atoms with Gasteiger partial charge in [0, 0.05) is 11.8 Å². The summed E-state index contributed by atoms with van der Waals surface area (Å²) in [5.41, 5.74) is 7.89. The zero-order valence-electron chi connectivity index (χ0n) is 12.3. The molecule has 3 N–H and O–H groups in total. The molecule has 0 aliphatic heterocycles. The highest BCUT2D eigenvalue weighted by molar-refractivity contribution is 6.35. The molecule has 0 radical (unpaired) electrons. The zero-order chi connectivity index (χ0) is 15.7. The Hall–Kier alpha value is -2.68. The van der Waals surface area contributed by atoms with Gasteiger partial charge in [-0.1, -0.05) is 74.5 Å². The van der Waals surface area contributed by atoms with Crippen LogP contribution in [0.15, 0.2) is 60.7 Å². The first-order valence-electron chi connectivity index (χ1n) is 6.89. The van der Waals surface area contributed by atoms with Crippen molar-refractivity contribution in [1.29, 1.82) is 5.41 Å². The van der Waals surface area contributed by atoms with E-state index in [0.717, 1.165) is 11.1 Å². The average molecular weight is 280 g/mol. The predicted molar refractivity (Wildman–Crippen MR) is 89.0 cm³/mol. The fraction of sp³-hybridized carbons (Fsp3) is 0.111. The summed E-state index contributed by atoms with van der Waals surface area (Å²) >= 11 is 0. The minimum Gasteiger partial charge on any atom is -0.366 e. The first-order chi connectivity index (χ1) is 10.2. The van der Waals surface area contributed by atoms with Crippen molar-refractivity contribution < 1.29 is 4.79 Å². The van der Waals surface area contributed by atoms with Gasteiger partial charge in [-0.25, -0.2) is 0 Å². The molecule has 0 aliphatic rings. The van der Waals surface area contributed by atoms with E-state index in [1.165, 1.54) is 6.21 Å². The van der Waals surface area contributed by atoms with Crippen LogP contribution >= 0.6 is 0 Å². The minimum absolute atomic E-state index is 0.363. The number of nitrogens with one attached hydrogen (secondary N) is 1. The molecule has 108 valence electrons. The first-order valence-corrected chi connectivity index (χ1v) is 6.89. The average Bonchev–Trinajstić information content (AvgIpc) is 2.55. The van der Waals surface area contributed by atoms with Crippen LogP contribution in [0.5, 0.6) is 0 Å². The second kappa shape index (κ2) is 8.48. The monoisotopic (exact) mass is 280 g/mol. The summed E-state index contributed by atoms with van der Waals surface area (Å²) in [6.45, 7) is 4.00. The van der Waals surface area contributed by atoms with E-state index in [9.17, 15) is 4.79 Å². The van der Waals surface area contributed by atoms with E-state index in [1.807, 2.05) is 74.5 Å². The molecular weight excluding hydrogens is 260 g/mol. The SMILES string of the molecule is CC.N=C/C(=C(\C(N)=O)c1ccccc1)c1ccccc1. The van der Waals surface area contributed by atoms with E-state index in [0.29, 0.717) is 11.1 Å². The maximum atomic E-state index is 11.7. The molecule has 1 amide bonds. The Morgan fingerprint density at radius 1 is 0.905 bits per heavy atom. The summed E-state index contributed by atoms with van der Waals surface area (Å²) in [6.07, 6.45) is 1.17. The van der Waals surface area contributed by atoms with Crippen molar-refractivity contribution in [2.24, 2.45) is 5.73 Å². The Morgan fingerprint density at radius 2 is 1.33 bits per heavy atom. The normalized spacial score (nSPS) is 10.8. The molecule has 3 nitrogen and oxygen atoms in total. The lowest BCUT2D eigenvalue weighted by molar-refractivity contribution is -0.112. The van der Waals surface area contributed by atoms with Crippen LogP contribution in [0.1, 0.15) is 25.0 Å². The summed E-state index contributed by atoms with van der Waals surface area (Å²) in [4.78, 5) is 11.7. The van der Waals surface area contributed by atoms with Crippen LogP contribution in [0, 0.1) is 5.41 Å². The third-order valence-corrected chi connectivity index (χ3v) is 2.81. The number of rotatable bonds is 4. The van der Waals surface area contributed by atoms with Crippen LogP contribution in [0.4, 0.5) is 0 Å². The zero-order valence-corrected chi connectivity index (χ0v) is 12.3. The molecular formula is C18H20N2O. The van der Waals surface area contributed by atoms with Gasteiger partial charge in [-0.15, -0.1) is 0 Å². The van der Waals surface area contributed by atoms with Crippen molar-refractivity contribution in [3.05, 3.63) is 71.8 Å². The standard InChI is InChI=1S/C16H14N2O.C2H6/c17-11-14(12-7-3-1-4-8-12)15(16(18)19)13-9-5-2-6-10-13;1-2/h1-11,17H,(H2,18,19);1-2H3/b15-14+,17-11?;. The van der Waals surface area contributed by atoms with Crippen molar-refractivity contribution in [3.8, 4) is 0 Å². The van der Waals surface area contributed by atoms with Crippen molar-refractivity contribution in [2.75, 3.05) is 0 Å². The fourth-order valence-electron chi connectivity index (χ4n) is 1.95. The van der Waals surface area contributed by atoms with Gasteiger partial charge in [0.15, 0.2) is 0 Å². The van der Waals surface area contributed by atoms with Gasteiger partial charge in [0.25, 0.3) is 0 Å². The lowest BCUT2D eigenvalue weighted by Gasteiger charge is -2.09. The highest BCUT2D eigenvalue weighted by atomic mass is 16.1. The Morgan fingerprint density at radius 3 is 1.71 bits per heavy atom. The number of allylic oxidation sites excluding steroid dienone is 1. The molecule has 2 aromatic carbocycles. The van der Waals surface area contributed by atoms with Crippen molar-refractivity contribution in [3.63, 3.8) is 0 Å². The number of hydrogen-bond acceptors (Lipinski definition) is 2. The lowest BCUT2D eigenvalue weighted by atomic mass is 9.95. The summed E-state index contributed by atoms with van der Waals surface area (Å²) < 4.78 is 0. The van der Waals surface area contributed by atoms with Crippen LogP contribution in [-0.2, 0) is 4.79 Å². The van der Waals surface area contributed by atoms with Gasteiger partial charge in [-0.3, -0.25) is 4.79 Å². The summed E-state index contributed by atoms with van der Waals surface area (Å²) in [7, 11) is 0. The van der Waals surface area contributed by atoms with Gasteiger partial charge in [0.1, 0.15) is 0 Å². The molecule has 0 fully saturated rings. The third-order valence-electron chi connectivity index (χ3n) is 2.81. The maximum absolute atomic E-state index is 11.7. The molecule has 3 heteroatoms. The van der Waals surface area contributed by atoms with Crippen LogP contribution in [-0.4, -0.2) is 12.1 Å². The molecule has 0 saturated carbocycles. The number of amides is 1. The van der Waals surface area contributed by atoms with Gasteiger partial charge in [0.05, 0.1) is 5.57 Å². The van der Waals surface area contributed by atoms with Gasteiger partial charge < -0.3 is 11.1 Å². The first kappa shape index (κ1) is 16.4. The highest BCUT2D eigenvalue weighted by Crippen LogP contribution is 2.24. The number of carbonyl (C=O) groups excluding carboxylic acids is 1. The predicted octanol–water partition coefficient (Wildman–Crippen LogP) is 3.76. The van der Waals surface area contributed by atoms with Crippen molar-refractivity contribution in [2.45, 2.75) is 13.8 Å². The second-order valence-corrected chi connectivity index (χ2v) is 4.03. The van der Waals surface area contributed by atoms with E-state index in [-0.39, 0.29) is 0 Å². The number of hydrogen-bond donors (Lipinski definition) is 2. The van der Waals surface area contributed by atoms with Crippen LogP contribution in [0.2, 0.25) is 0 Å². The molecule has 0 aromatic heterocycles. The number of carbonyl (C=O) groups is 1. The fourth-order valence-corrected chi connectivity index (χ4v) is 1.95. The molecule has 21 heavy (non-hydrogen) atoms. The van der Waals surface area contributed by atoms with Gasteiger partial charge >= 0.3 is 0 Å². The second-order valence-electron chi connectivity index (χ2n) is 4.03. The molecule has 2 aromatic rings. The molecule has 2 rings (SSSR count). The Balaban J connectivity index is 0.00000106. The maximum Gasteiger partial charge on any atom is 0.249 e. The van der Waals surface area contributed by atoms with Crippen molar-refractivity contribution in [1.82, 2.24) is 0 Å². The molecule has 0 bridgehead atoms. The minimum atomic E-state index is -0.534. The van der Waals surface area contributed by atoms with Crippen LogP contribution < -0.4 is 5.73 Å². The highest BCUT2D eigenvalue weighted by Gasteiger charge is 2.14. The van der Waals surface area contributed by atoms with E-state index in [4.69, 9.17) is 11.1 Å². The van der Waals surface area contributed by atoms with E-state index in [1.54, 1.807) is 0 Å². The van der Waals surface area contributed by atoms with Crippen LogP contribution in [0.3, 0.4) is 0 Å². The van der Waals surface area contributed by atoms with Gasteiger partial charge in [-0.2, -0.15) is 0 Å². The molecule has 0 saturated heterocycles. The lowest BCUT2D eigenvalue weighted by Crippen LogP contribution is -2.15. The third kappa shape index (κ3) is 4.14. The molecule has 0 atom stereocenters. The Bertz CT molecular complexity index is 616. The summed E-state index contributed by atoms with van der Waals surface area (Å²) in [6, 6.07) is 18.5. The molecule has 0 heterocycles. The van der Waals surface area contributed by atoms with E-state index >= 15 is 0 Å². The van der Waals surface area contributed by atoms with Gasteiger partial charge in [-0.05, 0) is 11.1 Å². The number of nitrogens with two attached hydrogens (primary N) is 1. The van der Waals surface area contributed by atoms with Crippen molar-refractivity contribution >= 4 is 23.3 Å². The largest absolute Gasteiger partial charge is 0.366 e.